The molecule has 82 valence electrons. The van der Waals surface area contributed by atoms with Gasteiger partial charge in [-0.05, 0) is 44.4 Å². The third-order valence-corrected chi connectivity index (χ3v) is 3.68. The van der Waals surface area contributed by atoms with Gasteiger partial charge in [0.25, 0.3) is 0 Å². The topological polar surface area (TPSA) is 12.0 Å². The van der Waals surface area contributed by atoms with Crippen LogP contribution in [0.15, 0.2) is 24.3 Å². The molecule has 0 spiro atoms. The Balaban J connectivity index is 2.22. The standard InChI is InChI=1S/C14H21N/c1-4-11-5-7-12(8-6-11)13-9-10-15-14(13,2)3/h5-8,13,15H,4,9-10H2,1-3H3. The van der Waals surface area contributed by atoms with E-state index >= 15 is 0 Å². The van der Waals surface area contributed by atoms with Crippen molar-refractivity contribution in [2.45, 2.75) is 45.1 Å². The van der Waals surface area contributed by atoms with Gasteiger partial charge in [0.15, 0.2) is 0 Å². The molecule has 0 radical (unpaired) electrons. The van der Waals surface area contributed by atoms with Crippen LogP contribution < -0.4 is 5.32 Å². The van der Waals surface area contributed by atoms with Crippen molar-refractivity contribution in [3.05, 3.63) is 35.4 Å². The maximum absolute atomic E-state index is 3.57. The van der Waals surface area contributed by atoms with Crippen LogP contribution in [0.1, 0.15) is 44.2 Å². The Labute approximate surface area is 92.9 Å². The molecule has 1 heteroatoms. The van der Waals surface area contributed by atoms with Crippen LogP contribution >= 0.6 is 0 Å². The van der Waals surface area contributed by atoms with Gasteiger partial charge >= 0.3 is 0 Å². The lowest BCUT2D eigenvalue weighted by Gasteiger charge is -2.27. The molecule has 1 aromatic carbocycles. The number of nitrogens with one attached hydrogen (secondary N) is 1. The summed E-state index contributed by atoms with van der Waals surface area (Å²) >= 11 is 0. The Morgan fingerprint density at radius 3 is 2.40 bits per heavy atom. The van der Waals surface area contributed by atoms with Crippen molar-refractivity contribution in [1.29, 1.82) is 0 Å². The van der Waals surface area contributed by atoms with Crippen molar-refractivity contribution in [3.8, 4) is 0 Å². The van der Waals surface area contributed by atoms with E-state index in [0.717, 1.165) is 13.0 Å². The molecule has 1 aliphatic heterocycles. The highest BCUT2D eigenvalue weighted by Gasteiger charge is 2.34. The number of rotatable bonds is 2. The lowest BCUT2D eigenvalue weighted by Crippen LogP contribution is -2.36. The van der Waals surface area contributed by atoms with Gasteiger partial charge in [0.05, 0.1) is 0 Å². The Morgan fingerprint density at radius 1 is 1.27 bits per heavy atom. The van der Waals surface area contributed by atoms with Crippen LogP contribution in [0.5, 0.6) is 0 Å². The second-order valence-electron chi connectivity index (χ2n) is 5.08. The molecule has 1 atom stereocenters. The molecule has 0 saturated carbocycles. The Morgan fingerprint density at radius 2 is 1.93 bits per heavy atom. The molecule has 2 rings (SSSR count). The second kappa shape index (κ2) is 3.97. The van der Waals surface area contributed by atoms with Crippen molar-refractivity contribution in [3.63, 3.8) is 0 Å². The maximum Gasteiger partial charge on any atom is 0.0194 e. The van der Waals surface area contributed by atoms with Crippen molar-refractivity contribution >= 4 is 0 Å². The van der Waals surface area contributed by atoms with E-state index in [1.54, 1.807) is 0 Å². The summed E-state index contributed by atoms with van der Waals surface area (Å²) in [5, 5.41) is 3.57. The van der Waals surface area contributed by atoms with Gasteiger partial charge in [0.1, 0.15) is 0 Å². The van der Waals surface area contributed by atoms with E-state index in [-0.39, 0.29) is 5.54 Å². The summed E-state index contributed by atoms with van der Waals surface area (Å²) in [6.07, 6.45) is 2.39. The summed E-state index contributed by atoms with van der Waals surface area (Å²) in [6.45, 7) is 7.96. The van der Waals surface area contributed by atoms with Crippen LogP contribution in [-0.2, 0) is 6.42 Å². The van der Waals surface area contributed by atoms with E-state index in [0.29, 0.717) is 5.92 Å². The van der Waals surface area contributed by atoms with Gasteiger partial charge < -0.3 is 5.32 Å². The predicted molar refractivity (Wildman–Crippen MR) is 65.3 cm³/mol. The molecule has 0 amide bonds. The van der Waals surface area contributed by atoms with Crippen LogP contribution in [0.2, 0.25) is 0 Å². The number of benzene rings is 1. The Kier molecular flexibility index (Phi) is 2.83. The molecule has 1 N–H and O–H groups in total. The highest BCUT2D eigenvalue weighted by atomic mass is 15.0. The van der Waals surface area contributed by atoms with Crippen molar-refractivity contribution in [1.82, 2.24) is 5.32 Å². The quantitative estimate of drug-likeness (QED) is 0.779. The fraction of sp³-hybridized carbons (Fsp3) is 0.571. The minimum atomic E-state index is 0.258. The van der Waals surface area contributed by atoms with Gasteiger partial charge in [-0.3, -0.25) is 0 Å². The number of hydrogen-bond acceptors (Lipinski definition) is 1. The first kappa shape index (κ1) is 10.7. The molecule has 1 saturated heterocycles. The van der Waals surface area contributed by atoms with Crippen LogP contribution in [-0.4, -0.2) is 12.1 Å². The van der Waals surface area contributed by atoms with Crippen LogP contribution in [0.3, 0.4) is 0 Å². The van der Waals surface area contributed by atoms with Gasteiger partial charge in [0.2, 0.25) is 0 Å². The van der Waals surface area contributed by atoms with Crippen molar-refractivity contribution in [2.75, 3.05) is 6.54 Å². The van der Waals surface area contributed by atoms with Crippen LogP contribution in [0.25, 0.3) is 0 Å². The lowest BCUT2D eigenvalue weighted by molar-refractivity contribution is 0.411. The van der Waals surface area contributed by atoms with E-state index in [1.165, 1.54) is 17.5 Å². The van der Waals surface area contributed by atoms with Gasteiger partial charge in [-0.15, -0.1) is 0 Å². The predicted octanol–water partition coefficient (Wildman–Crippen LogP) is 3.10. The van der Waals surface area contributed by atoms with Gasteiger partial charge in [-0.2, -0.15) is 0 Å². The van der Waals surface area contributed by atoms with Gasteiger partial charge in [-0.1, -0.05) is 31.2 Å². The van der Waals surface area contributed by atoms with Crippen molar-refractivity contribution in [2.24, 2.45) is 0 Å². The van der Waals surface area contributed by atoms with Crippen molar-refractivity contribution < 1.29 is 0 Å². The number of aryl methyl sites for hydroxylation is 1. The summed E-state index contributed by atoms with van der Waals surface area (Å²) in [7, 11) is 0. The lowest BCUT2D eigenvalue weighted by atomic mass is 9.83. The average Bonchev–Trinajstić information content (AvgIpc) is 2.58. The molecule has 1 aliphatic rings. The first-order valence-electron chi connectivity index (χ1n) is 5.97. The van der Waals surface area contributed by atoms with E-state index in [2.05, 4.69) is 50.4 Å². The minimum absolute atomic E-state index is 0.258. The zero-order valence-corrected chi connectivity index (χ0v) is 10.0. The minimum Gasteiger partial charge on any atom is -0.311 e. The largest absolute Gasteiger partial charge is 0.311 e. The number of hydrogen-bond donors (Lipinski definition) is 1. The molecule has 1 unspecified atom stereocenters. The molecular weight excluding hydrogens is 182 g/mol. The molecule has 0 aliphatic carbocycles. The van der Waals surface area contributed by atoms with E-state index < -0.39 is 0 Å². The molecule has 0 bridgehead atoms. The van der Waals surface area contributed by atoms with E-state index in [1.807, 2.05) is 0 Å². The second-order valence-corrected chi connectivity index (χ2v) is 5.08. The van der Waals surface area contributed by atoms with Crippen LogP contribution in [0.4, 0.5) is 0 Å². The molecule has 1 nitrogen and oxygen atoms in total. The normalized spacial score (nSPS) is 24.3. The zero-order valence-electron chi connectivity index (χ0n) is 10.0. The fourth-order valence-electron chi connectivity index (χ4n) is 2.59. The molecular formula is C14H21N. The summed E-state index contributed by atoms with van der Waals surface area (Å²) in [4.78, 5) is 0. The summed E-state index contributed by atoms with van der Waals surface area (Å²) in [5.41, 5.74) is 3.18. The van der Waals surface area contributed by atoms with Gasteiger partial charge in [0, 0.05) is 11.5 Å². The fourth-order valence-corrected chi connectivity index (χ4v) is 2.59. The average molecular weight is 203 g/mol. The molecule has 15 heavy (non-hydrogen) atoms. The molecule has 0 aromatic heterocycles. The molecule has 1 fully saturated rings. The molecule has 1 heterocycles. The monoisotopic (exact) mass is 203 g/mol. The third kappa shape index (κ3) is 2.07. The summed E-state index contributed by atoms with van der Waals surface area (Å²) in [5.74, 6) is 0.670. The zero-order chi connectivity index (χ0) is 10.9. The Bertz CT molecular complexity index is 324. The van der Waals surface area contributed by atoms with E-state index in [4.69, 9.17) is 0 Å². The summed E-state index contributed by atoms with van der Waals surface area (Å²) in [6, 6.07) is 9.14. The third-order valence-electron chi connectivity index (χ3n) is 3.68. The first-order valence-corrected chi connectivity index (χ1v) is 5.97. The highest BCUT2D eigenvalue weighted by Crippen LogP contribution is 2.35. The SMILES string of the molecule is CCc1ccc(C2CCNC2(C)C)cc1. The van der Waals surface area contributed by atoms with Gasteiger partial charge in [-0.25, -0.2) is 0 Å². The van der Waals surface area contributed by atoms with E-state index in [9.17, 15) is 0 Å². The first-order chi connectivity index (χ1) is 7.13. The van der Waals surface area contributed by atoms with Crippen LogP contribution in [0, 0.1) is 0 Å². The summed E-state index contributed by atoms with van der Waals surface area (Å²) < 4.78 is 0. The Hall–Kier alpha value is -0.820. The maximum atomic E-state index is 3.57. The highest BCUT2D eigenvalue weighted by molar-refractivity contribution is 5.28. The smallest absolute Gasteiger partial charge is 0.0194 e. The molecule has 1 aromatic rings.